The Balaban J connectivity index is 1.57. The molecule has 4 rings (SSSR count). The Morgan fingerprint density at radius 3 is 2.60 bits per heavy atom. The van der Waals surface area contributed by atoms with Gasteiger partial charge in [0.1, 0.15) is 5.82 Å². The van der Waals surface area contributed by atoms with Gasteiger partial charge in [0, 0.05) is 30.3 Å². The summed E-state index contributed by atoms with van der Waals surface area (Å²) in [6, 6.07) is 12.0. The molecule has 0 aromatic heterocycles. The summed E-state index contributed by atoms with van der Waals surface area (Å²) in [4.78, 5) is 26.3. The molecule has 1 saturated carbocycles. The first-order valence-electron chi connectivity index (χ1n) is 8.58. The Morgan fingerprint density at radius 2 is 1.88 bits per heavy atom. The minimum Gasteiger partial charge on any atom is -0.331 e. The van der Waals surface area contributed by atoms with Crippen molar-refractivity contribution in [3.8, 4) is 0 Å². The molecule has 0 atom stereocenters. The molecule has 0 spiro atoms. The van der Waals surface area contributed by atoms with Crippen LogP contribution >= 0.6 is 0 Å². The Labute approximate surface area is 145 Å². The predicted octanol–water partition coefficient (Wildman–Crippen LogP) is 3.52. The van der Waals surface area contributed by atoms with Crippen LogP contribution in [0.4, 0.5) is 10.1 Å². The second-order valence-electron chi connectivity index (χ2n) is 6.71. The van der Waals surface area contributed by atoms with Gasteiger partial charge < -0.3 is 10.2 Å². The van der Waals surface area contributed by atoms with E-state index in [1.54, 1.807) is 18.2 Å². The van der Waals surface area contributed by atoms with Crippen LogP contribution in [0.25, 0.3) is 0 Å². The van der Waals surface area contributed by atoms with Crippen LogP contribution in [0, 0.1) is 5.82 Å². The molecule has 2 aromatic rings. The van der Waals surface area contributed by atoms with Crippen LogP contribution in [-0.2, 0) is 17.8 Å². The van der Waals surface area contributed by atoms with E-state index < -0.39 is 0 Å². The van der Waals surface area contributed by atoms with E-state index in [0.717, 1.165) is 29.7 Å². The largest absolute Gasteiger partial charge is 0.331 e. The zero-order chi connectivity index (χ0) is 17.4. The van der Waals surface area contributed by atoms with E-state index in [2.05, 4.69) is 5.32 Å². The molecule has 1 fully saturated rings. The minimum atomic E-state index is -0.273. The first kappa shape index (κ1) is 15.8. The van der Waals surface area contributed by atoms with Crippen molar-refractivity contribution < 1.29 is 14.0 Å². The van der Waals surface area contributed by atoms with Crippen LogP contribution in [0.2, 0.25) is 0 Å². The first-order chi connectivity index (χ1) is 12.1. The summed E-state index contributed by atoms with van der Waals surface area (Å²) in [5.74, 6) is -0.265. The Hall–Kier alpha value is -2.69. The summed E-state index contributed by atoms with van der Waals surface area (Å²) < 4.78 is 13.1. The van der Waals surface area contributed by atoms with Crippen LogP contribution in [0.3, 0.4) is 0 Å². The van der Waals surface area contributed by atoms with Gasteiger partial charge in [0.05, 0.1) is 0 Å². The second kappa shape index (κ2) is 6.31. The van der Waals surface area contributed by atoms with Gasteiger partial charge in [-0.15, -0.1) is 0 Å². The fraction of sp³-hybridized carbons (Fsp3) is 0.300. The third-order valence-electron chi connectivity index (χ3n) is 4.76. The lowest BCUT2D eigenvalue weighted by Gasteiger charge is -2.24. The van der Waals surface area contributed by atoms with Gasteiger partial charge in [-0.2, -0.15) is 0 Å². The van der Waals surface area contributed by atoms with E-state index in [1.165, 1.54) is 12.1 Å². The zero-order valence-electron chi connectivity index (χ0n) is 13.8. The van der Waals surface area contributed by atoms with Crippen LogP contribution < -0.4 is 5.32 Å². The van der Waals surface area contributed by atoms with Gasteiger partial charge in [-0.05, 0) is 60.7 Å². The number of anilines is 1. The zero-order valence-corrected chi connectivity index (χ0v) is 13.8. The third kappa shape index (κ3) is 3.40. The Morgan fingerprint density at radius 1 is 1.12 bits per heavy atom. The van der Waals surface area contributed by atoms with Gasteiger partial charge in [-0.3, -0.25) is 9.59 Å². The summed E-state index contributed by atoms with van der Waals surface area (Å²) >= 11 is 0. The lowest BCUT2D eigenvalue weighted by atomic mass is 10.00. The monoisotopic (exact) mass is 338 g/mol. The maximum Gasteiger partial charge on any atom is 0.254 e. The number of aryl methyl sites for hydroxylation is 1. The van der Waals surface area contributed by atoms with E-state index in [1.807, 2.05) is 17.0 Å². The van der Waals surface area contributed by atoms with E-state index in [4.69, 9.17) is 0 Å². The Kier molecular flexibility index (Phi) is 3.99. The number of fused-ring (bicyclic) bond motifs is 1. The molecule has 1 N–H and O–H groups in total. The number of halogens is 1. The molecular formula is C20H19FN2O2. The normalized spacial score (nSPS) is 16.1. The Bertz CT molecular complexity index is 828. The molecule has 1 aliphatic carbocycles. The predicted molar refractivity (Wildman–Crippen MR) is 92.7 cm³/mol. The smallest absolute Gasteiger partial charge is 0.254 e. The van der Waals surface area contributed by atoms with Gasteiger partial charge >= 0.3 is 0 Å². The number of hydrogen-bond acceptors (Lipinski definition) is 2. The number of benzene rings is 2. The molecule has 2 aromatic carbocycles. The molecule has 2 aliphatic rings. The molecule has 128 valence electrons. The van der Waals surface area contributed by atoms with E-state index >= 15 is 0 Å². The van der Waals surface area contributed by atoms with Crippen LogP contribution in [0.1, 0.15) is 40.7 Å². The van der Waals surface area contributed by atoms with E-state index in [-0.39, 0.29) is 23.7 Å². The highest BCUT2D eigenvalue weighted by Crippen LogP contribution is 2.31. The third-order valence-corrected chi connectivity index (χ3v) is 4.76. The summed E-state index contributed by atoms with van der Waals surface area (Å²) in [5.41, 5.74) is 3.36. The second-order valence-corrected chi connectivity index (χ2v) is 6.71. The quantitative estimate of drug-likeness (QED) is 0.927. The van der Waals surface area contributed by atoms with Gasteiger partial charge in [-0.25, -0.2) is 4.39 Å². The van der Waals surface area contributed by atoms with Crippen molar-refractivity contribution in [1.82, 2.24) is 4.90 Å². The topological polar surface area (TPSA) is 49.4 Å². The van der Waals surface area contributed by atoms with Crippen molar-refractivity contribution in [2.75, 3.05) is 5.32 Å². The maximum atomic E-state index is 13.1. The van der Waals surface area contributed by atoms with Crippen molar-refractivity contribution in [3.05, 3.63) is 65.0 Å². The average molecular weight is 338 g/mol. The number of amides is 2. The molecule has 4 nitrogen and oxygen atoms in total. The first-order valence-corrected chi connectivity index (χ1v) is 8.58. The molecule has 25 heavy (non-hydrogen) atoms. The molecule has 0 radical (unpaired) electrons. The number of nitrogens with zero attached hydrogens (tertiary/aromatic N) is 1. The number of rotatable bonds is 4. The average Bonchev–Trinajstić information content (AvgIpc) is 3.45. The summed E-state index contributed by atoms with van der Waals surface area (Å²) in [6.07, 6.45) is 3.12. The van der Waals surface area contributed by atoms with Crippen molar-refractivity contribution in [3.63, 3.8) is 0 Å². The molecule has 0 saturated heterocycles. The fourth-order valence-corrected chi connectivity index (χ4v) is 3.22. The highest BCUT2D eigenvalue weighted by molar-refractivity contribution is 5.98. The number of nitrogens with one attached hydrogen (secondary N) is 1. The molecule has 1 aliphatic heterocycles. The summed E-state index contributed by atoms with van der Waals surface area (Å²) in [6.45, 7) is 0.484. The van der Waals surface area contributed by atoms with Gasteiger partial charge in [0.2, 0.25) is 5.91 Å². The molecule has 1 heterocycles. The highest BCUT2D eigenvalue weighted by atomic mass is 19.1. The molecule has 0 bridgehead atoms. The van der Waals surface area contributed by atoms with Crippen molar-refractivity contribution in [2.45, 2.75) is 38.3 Å². The molecular weight excluding hydrogens is 319 g/mol. The van der Waals surface area contributed by atoms with Gasteiger partial charge in [0.25, 0.3) is 5.91 Å². The lowest BCUT2D eigenvalue weighted by molar-refractivity contribution is -0.116. The SMILES string of the molecule is O=C1CCc2cc(C(=O)N(Cc3ccc(F)cc3)C3CC3)ccc2N1. The van der Waals surface area contributed by atoms with E-state index in [0.29, 0.717) is 24.9 Å². The molecule has 5 heteroatoms. The molecule has 2 amide bonds. The number of hydrogen-bond donors (Lipinski definition) is 1. The van der Waals surface area contributed by atoms with Gasteiger partial charge in [-0.1, -0.05) is 12.1 Å². The standard InChI is InChI=1S/C20H19FN2O2/c21-16-5-1-13(2-6-16)12-23(17-7-8-17)20(25)15-3-9-18-14(11-15)4-10-19(24)22-18/h1-3,5-6,9,11,17H,4,7-8,10,12H2,(H,22,24). The van der Waals surface area contributed by atoms with Crippen molar-refractivity contribution >= 4 is 17.5 Å². The van der Waals surface area contributed by atoms with Crippen LogP contribution in [-0.4, -0.2) is 22.8 Å². The van der Waals surface area contributed by atoms with Crippen LogP contribution in [0.5, 0.6) is 0 Å². The summed E-state index contributed by atoms with van der Waals surface area (Å²) in [7, 11) is 0. The maximum absolute atomic E-state index is 13.1. The minimum absolute atomic E-state index is 0.00785. The van der Waals surface area contributed by atoms with Crippen molar-refractivity contribution in [2.24, 2.45) is 0 Å². The molecule has 0 unspecified atom stereocenters. The van der Waals surface area contributed by atoms with Crippen molar-refractivity contribution in [1.29, 1.82) is 0 Å². The van der Waals surface area contributed by atoms with Gasteiger partial charge in [0.15, 0.2) is 0 Å². The fourth-order valence-electron chi connectivity index (χ4n) is 3.22. The highest BCUT2D eigenvalue weighted by Gasteiger charge is 2.33. The number of carbonyl (C=O) groups is 2. The number of carbonyl (C=O) groups excluding carboxylic acids is 2. The summed E-state index contributed by atoms with van der Waals surface area (Å²) in [5, 5.41) is 2.84. The van der Waals surface area contributed by atoms with Crippen LogP contribution in [0.15, 0.2) is 42.5 Å². The lowest BCUT2D eigenvalue weighted by Crippen LogP contribution is -2.32. The van der Waals surface area contributed by atoms with E-state index in [9.17, 15) is 14.0 Å².